The number of ether oxygens (including phenoxy) is 1. The number of unbranched alkanes of at least 4 members (excludes halogenated alkanes) is 2. The summed E-state index contributed by atoms with van der Waals surface area (Å²) in [5, 5.41) is 2.45. The maximum absolute atomic E-state index is 11.8. The molecule has 3 unspecified atom stereocenters. The number of hydrogen-bond acceptors (Lipinski definition) is 3. The lowest BCUT2D eigenvalue weighted by Crippen LogP contribution is -2.17. The zero-order valence-electron chi connectivity index (χ0n) is 14.3. The van der Waals surface area contributed by atoms with Gasteiger partial charge in [0, 0.05) is 13.0 Å². The van der Waals surface area contributed by atoms with E-state index in [1.54, 1.807) is 0 Å². The monoisotopic (exact) mass is 322 g/mol. The van der Waals surface area contributed by atoms with Crippen LogP contribution in [0.1, 0.15) is 52.4 Å². The predicted octanol–water partition coefficient (Wildman–Crippen LogP) is 4.35. The first-order valence-corrected chi connectivity index (χ1v) is 11.3. The summed E-state index contributed by atoms with van der Waals surface area (Å²) in [5.41, 5.74) is 0. The van der Waals surface area contributed by atoms with Crippen LogP contribution in [0.3, 0.4) is 0 Å². The van der Waals surface area contributed by atoms with Crippen molar-refractivity contribution in [2.75, 3.05) is 13.2 Å². The van der Waals surface area contributed by atoms with Crippen LogP contribution < -0.4 is 0 Å². The molecule has 22 heavy (non-hydrogen) atoms. The summed E-state index contributed by atoms with van der Waals surface area (Å²) in [6, 6.07) is 0. The summed E-state index contributed by atoms with van der Waals surface area (Å²) in [5.74, 6) is 2.00. The van der Waals surface area contributed by atoms with E-state index in [0.717, 1.165) is 31.8 Å². The molecule has 2 bridgehead atoms. The lowest BCUT2D eigenvalue weighted by molar-refractivity contribution is -0.145. The minimum Gasteiger partial charge on any atom is -0.501 e. The van der Waals surface area contributed by atoms with E-state index >= 15 is 0 Å². The van der Waals surface area contributed by atoms with Crippen LogP contribution in [0.5, 0.6) is 0 Å². The molecule has 0 saturated heterocycles. The second-order valence-corrected chi connectivity index (χ2v) is 10.1. The fraction of sp³-hybridized carbons (Fsp3) is 0.833. The summed E-state index contributed by atoms with van der Waals surface area (Å²) >= 11 is -0.891. The quantitative estimate of drug-likeness (QED) is 0.245. The van der Waals surface area contributed by atoms with Gasteiger partial charge in [0.05, 0.1) is 6.61 Å². The first-order chi connectivity index (χ1) is 10.7. The molecule has 2 aliphatic rings. The first-order valence-electron chi connectivity index (χ1n) is 9.18. The van der Waals surface area contributed by atoms with E-state index in [1.807, 2.05) is 0 Å². The smallest absolute Gasteiger partial charge is 0.460 e. The van der Waals surface area contributed by atoms with Gasteiger partial charge in [-0.1, -0.05) is 43.0 Å². The number of rotatable bonds is 11. The molecule has 2 rings (SSSR count). The molecule has 0 aliphatic heterocycles. The number of esters is 1. The Labute approximate surface area is 140 Å². The van der Waals surface area contributed by atoms with E-state index in [1.165, 1.54) is 23.4 Å². The minimum absolute atomic E-state index is 0.0120. The summed E-state index contributed by atoms with van der Waals surface area (Å²) < 4.78 is 11.4. The van der Waals surface area contributed by atoms with Gasteiger partial charge in [-0.15, -0.1) is 0 Å². The van der Waals surface area contributed by atoms with Crippen LogP contribution in [-0.4, -0.2) is 33.7 Å². The normalized spacial score (nSPS) is 25.6. The topological polar surface area (TPSA) is 35.5 Å². The summed E-state index contributed by atoms with van der Waals surface area (Å²) in [7, 11) is 0. The number of allylic oxidation sites excluding steroid dienone is 2. The van der Waals surface area contributed by atoms with Crippen molar-refractivity contribution >= 4 is 20.5 Å². The van der Waals surface area contributed by atoms with Crippen LogP contribution >= 0.6 is 0 Å². The largest absolute Gasteiger partial charge is 0.501 e. The zero-order valence-corrected chi connectivity index (χ0v) is 15.4. The molecule has 0 aromatic rings. The Morgan fingerprint density at radius 1 is 1.14 bits per heavy atom. The third-order valence-corrected chi connectivity index (χ3v) is 7.69. The van der Waals surface area contributed by atoms with Crippen molar-refractivity contribution in [1.29, 1.82) is 0 Å². The summed E-state index contributed by atoms with van der Waals surface area (Å²) in [6.07, 6.45) is 10.8. The SMILES string of the molecule is C[CH2][Al]([CH2]C)[O]CCCCCC(=O)OCC1CC2C=CC1C2. The van der Waals surface area contributed by atoms with Gasteiger partial charge in [0.2, 0.25) is 0 Å². The van der Waals surface area contributed by atoms with Crippen molar-refractivity contribution in [1.82, 2.24) is 0 Å². The molecule has 3 nitrogen and oxygen atoms in total. The molecule has 0 heterocycles. The van der Waals surface area contributed by atoms with Gasteiger partial charge in [-0.2, -0.15) is 0 Å². The first kappa shape index (κ1) is 18.0. The highest BCUT2D eigenvalue weighted by molar-refractivity contribution is 6.51. The fourth-order valence-electron chi connectivity index (χ4n) is 3.68. The van der Waals surface area contributed by atoms with E-state index in [0.29, 0.717) is 24.9 Å². The average molecular weight is 322 g/mol. The van der Waals surface area contributed by atoms with Gasteiger partial charge >= 0.3 is 20.5 Å². The van der Waals surface area contributed by atoms with Gasteiger partial charge < -0.3 is 8.53 Å². The minimum atomic E-state index is -0.891. The molecular formula is C18H31AlO3. The average Bonchev–Trinajstić information content (AvgIpc) is 3.15. The van der Waals surface area contributed by atoms with Crippen molar-refractivity contribution in [3.8, 4) is 0 Å². The lowest BCUT2D eigenvalue weighted by Gasteiger charge is -2.17. The van der Waals surface area contributed by atoms with Gasteiger partial charge in [-0.05, 0) is 43.4 Å². The Bertz CT molecular complexity index is 365. The van der Waals surface area contributed by atoms with Crippen LogP contribution in [0.2, 0.25) is 10.6 Å². The molecule has 0 aromatic carbocycles. The number of hydrogen-bond donors (Lipinski definition) is 0. The number of carbonyl (C=O) groups excluding carboxylic acids is 1. The van der Waals surface area contributed by atoms with E-state index in [9.17, 15) is 4.79 Å². The van der Waals surface area contributed by atoms with E-state index in [-0.39, 0.29) is 5.97 Å². The Balaban J connectivity index is 1.44. The summed E-state index contributed by atoms with van der Waals surface area (Å²) in [4.78, 5) is 11.8. The van der Waals surface area contributed by atoms with Gasteiger partial charge in [-0.25, -0.2) is 0 Å². The second kappa shape index (κ2) is 9.75. The van der Waals surface area contributed by atoms with Crippen LogP contribution in [-0.2, 0) is 13.3 Å². The predicted molar refractivity (Wildman–Crippen MR) is 90.9 cm³/mol. The van der Waals surface area contributed by atoms with Crippen molar-refractivity contribution in [3.05, 3.63) is 12.2 Å². The van der Waals surface area contributed by atoms with Crippen molar-refractivity contribution in [2.45, 2.75) is 62.9 Å². The van der Waals surface area contributed by atoms with Crippen molar-refractivity contribution < 1.29 is 13.3 Å². The Hall–Kier alpha value is -0.298. The Morgan fingerprint density at radius 2 is 1.95 bits per heavy atom. The summed E-state index contributed by atoms with van der Waals surface area (Å²) in [6.45, 7) is 5.96. The maximum Gasteiger partial charge on any atom is 0.460 e. The van der Waals surface area contributed by atoms with E-state index in [4.69, 9.17) is 8.53 Å². The third kappa shape index (κ3) is 5.72. The number of carbonyl (C=O) groups is 1. The van der Waals surface area contributed by atoms with Crippen molar-refractivity contribution in [2.24, 2.45) is 17.8 Å². The fourth-order valence-corrected chi connectivity index (χ4v) is 5.23. The standard InChI is InChI=1S/C14H21O3.2C2H5.Al/c15-7-3-1-2-4-14(16)17-10-13-9-11-5-6-12(13)8-11;2*1-2;/h5-6,11-13H,1-4,7-10H2;2*1H2,2H3;/q-1;;;+1. The maximum atomic E-state index is 11.8. The molecule has 0 N–H and O–H groups in total. The highest BCUT2D eigenvalue weighted by Crippen LogP contribution is 2.43. The molecule has 0 radical (unpaired) electrons. The highest BCUT2D eigenvalue weighted by Gasteiger charge is 2.36. The van der Waals surface area contributed by atoms with Gasteiger partial charge in [0.1, 0.15) is 0 Å². The molecule has 2 aliphatic carbocycles. The molecule has 124 valence electrons. The van der Waals surface area contributed by atoms with Gasteiger partial charge in [0.15, 0.2) is 0 Å². The molecule has 3 atom stereocenters. The molecule has 0 spiro atoms. The van der Waals surface area contributed by atoms with Crippen molar-refractivity contribution in [3.63, 3.8) is 0 Å². The molecule has 0 amide bonds. The third-order valence-electron chi connectivity index (χ3n) is 5.16. The second-order valence-electron chi connectivity index (χ2n) is 6.84. The zero-order chi connectivity index (χ0) is 15.8. The molecule has 4 heteroatoms. The molecule has 0 aromatic heterocycles. The van der Waals surface area contributed by atoms with Crippen LogP contribution in [0, 0.1) is 17.8 Å². The highest BCUT2D eigenvalue weighted by atomic mass is 27.2. The molecule has 1 saturated carbocycles. The number of fused-ring (bicyclic) bond motifs is 2. The van der Waals surface area contributed by atoms with Gasteiger partial charge in [0.25, 0.3) is 0 Å². The lowest BCUT2D eigenvalue weighted by atomic mass is 9.95. The Kier molecular flexibility index (Phi) is 8.00. The molecular weight excluding hydrogens is 291 g/mol. The van der Waals surface area contributed by atoms with Crippen LogP contribution in [0.25, 0.3) is 0 Å². The van der Waals surface area contributed by atoms with Crippen LogP contribution in [0.4, 0.5) is 0 Å². The van der Waals surface area contributed by atoms with E-state index in [2.05, 4.69) is 26.0 Å². The molecule has 1 fully saturated rings. The van der Waals surface area contributed by atoms with Gasteiger partial charge in [-0.3, -0.25) is 4.79 Å². The van der Waals surface area contributed by atoms with E-state index < -0.39 is 14.5 Å². The Morgan fingerprint density at radius 3 is 2.59 bits per heavy atom. The van der Waals surface area contributed by atoms with Crippen LogP contribution in [0.15, 0.2) is 12.2 Å².